The van der Waals surface area contributed by atoms with E-state index in [-0.39, 0.29) is 11.9 Å². The Morgan fingerprint density at radius 2 is 1.52 bits per heavy atom. The van der Waals surface area contributed by atoms with Gasteiger partial charge in [0.05, 0.1) is 23.9 Å². The SMILES string of the molecule is Cc1nc(C)c(C(=O)N2CCN(C(=O)N3CCOCC3)CC2)s1. The Labute approximate surface area is 139 Å². The normalized spacial score (nSPS) is 19.1. The number of aryl methyl sites for hydroxylation is 2. The van der Waals surface area contributed by atoms with Crippen molar-refractivity contribution in [2.45, 2.75) is 13.8 Å². The van der Waals surface area contributed by atoms with Crippen LogP contribution in [-0.4, -0.2) is 84.1 Å². The van der Waals surface area contributed by atoms with Crippen molar-refractivity contribution in [2.24, 2.45) is 0 Å². The molecule has 0 aromatic carbocycles. The third kappa shape index (κ3) is 3.48. The van der Waals surface area contributed by atoms with E-state index in [4.69, 9.17) is 4.74 Å². The van der Waals surface area contributed by atoms with Crippen molar-refractivity contribution in [1.82, 2.24) is 19.7 Å². The number of piperazine rings is 1. The van der Waals surface area contributed by atoms with Gasteiger partial charge in [-0.2, -0.15) is 0 Å². The molecule has 3 amide bonds. The maximum Gasteiger partial charge on any atom is 0.320 e. The van der Waals surface area contributed by atoms with Gasteiger partial charge in [0, 0.05) is 39.3 Å². The first-order chi connectivity index (χ1) is 11.1. The highest BCUT2D eigenvalue weighted by Crippen LogP contribution is 2.20. The number of hydrogen-bond acceptors (Lipinski definition) is 5. The van der Waals surface area contributed by atoms with Gasteiger partial charge in [-0.3, -0.25) is 4.79 Å². The van der Waals surface area contributed by atoms with Gasteiger partial charge >= 0.3 is 6.03 Å². The first-order valence-corrected chi connectivity index (χ1v) is 8.73. The van der Waals surface area contributed by atoms with Crippen LogP contribution in [0.1, 0.15) is 20.4 Å². The smallest absolute Gasteiger partial charge is 0.320 e. The Balaban J connectivity index is 1.56. The zero-order valence-corrected chi connectivity index (χ0v) is 14.4. The lowest BCUT2D eigenvalue weighted by atomic mass is 10.2. The molecule has 0 N–H and O–H groups in total. The number of urea groups is 1. The van der Waals surface area contributed by atoms with Crippen molar-refractivity contribution in [3.63, 3.8) is 0 Å². The number of carbonyl (C=O) groups is 2. The molecule has 0 unspecified atom stereocenters. The van der Waals surface area contributed by atoms with Gasteiger partial charge < -0.3 is 19.4 Å². The highest BCUT2D eigenvalue weighted by Gasteiger charge is 2.29. The molecule has 0 spiro atoms. The van der Waals surface area contributed by atoms with Gasteiger partial charge in [-0.25, -0.2) is 9.78 Å². The second-order valence-electron chi connectivity index (χ2n) is 5.81. The maximum absolute atomic E-state index is 12.6. The van der Waals surface area contributed by atoms with Crippen LogP contribution in [0.5, 0.6) is 0 Å². The van der Waals surface area contributed by atoms with E-state index in [9.17, 15) is 9.59 Å². The molecule has 0 bridgehead atoms. The molecule has 1 aromatic heterocycles. The molecule has 3 heterocycles. The van der Waals surface area contributed by atoms with Crippen molar-refractivity contribution in [3.05, 3.63) is 15.6 Å². The number of carbonyl (C=O) groups excluding carboxylic acids is 2. The van der Waals surface area contributed by atoms with Crippen molar-refractivity contribution < 1.29 is 14.3 Å². The van der Waals surface area contributed by atoms with Crippen LogP contribution in [0.2, 0.25) is 0 Å². The molecule has 0 saturated carbocycles. The number of rotatable bonds is 1. The second-order valence-corrected chi connectivity index (χ2v) is 7.01. The number of nitrogens with zero attached hydrogens (tertiary/aromatic N) is 4. The summed E-state index contributed by atoms with van der Waals surface area (Å²) in [6, 6.07) is 0.0604. The number of ether oxygens (including phenoxy) is 1. The Kier molecular flexibility index (Phi) is 4.82. The minimum atomic E-state index is 0.0339. The highest BCUT2D eigenvalue weighted by molar-refractivity contribution is 7.13. The second kappa shape index (κ2) is 6.84. The van der Waals surface area contributed by atoms with Crippen LogP contribution in [-0.2, 0) is 4.74 Å². The monoisotopic (exact) mass is 338 g/mol. The largest absolute Gasteiger partial charge is 0.378 e. The third-order valence-electron chi connectivity index (χ3n) is 4.22. The molecule has 7 nitrogen and oxygen atoms in total. The van der Waals surface area contributed by atoms with Crippen LogP contribution < -0.4 is 0 Å². The summed E-state index contributed by atoms with van der Waals surface area (Å²) >= 11 is 1.44. The molecule has 2 aliphatic rings. The van der Waals surface area contributed by atoms with Crippen molar-refractivity contribution in [2.75, 3.05) is 52.5 Å². The van der Waals surface area contributed by atoms with E-state index in [1.807, 2.05) is 28.5 Å². The first kappa shape index (κ1) is 16.2. The number of aromatic nitrogens is 1. The Hall–Kier alpha value is -1.67. The van der Waals surface area contributed by atoms with Crippen LogP contribution in [0.15, 0.2) is 0 Å². The molecule has 0 aliphatic carbocycles. The van der Waals surface area contributed by atoms with E-state index >= 15 is 0 Å². The van der Waals surface area contributed by atoms with E-state index < -0.39 is 0 Å². The Bertz CT molecular complexity index is 590. The fourth-order valence-electron chi connectivity index (χ4n) is 2.93. The van der Waals surface area contributed by atoms with Crippen molar-refractivity contribution in [3.8, 4) is 0 Å². The molecule has 0 atom stereocenters. The zero-order chi connectivity index (χ0) is 16.4. The molecular formula is C15H22N4O3S. The fourth-order valence-corrected chi connectivity index (χ4v) is 3.82. The summed E-state index contributed by atoms with van der Waals surface area (Å²) in [7, 11) is 0. The van der Waals surface area contributed by atoms with Crippen LogP contribution >= 0.6 is 11.3 Å². The minimum Gasteiger partial charge on any atom is -0.378 e. The lowest BCUT2D eigenvalue weighted by Gasteiger charge is -2.38. The molecule has 0 radical (unpaired) electrons. The van der Waals surface area contributed by atoms with E-state index in [1.54, 1.807) is 0 Å². The van der Waals surface area contributed by atoms with E-state index in [2.05, 4.69) is 4.98 Å². The topological polar surface area (TPSA) is 66.0 Å². The van der Waals surface area contributed by atoms with Gasteiger partial charge in [0.15, 0.2) is 0 Å². The lowest BCUT2D eigenvalue weighted by molar-refractivity contribution is 0.0363. The summed E-state index contributed by atoms with van der Waals surface area (Å²) < 4.78 is 5.28. The van der Waals surface area contributed by atoms with Crippen LogP contribution in [0.4, 0.5) is 4.79 Å². The van der Waals surface area contributed by atoms with Crippen LogP contribution in [0.25, 0.3) is 0 Å². The van der Waals surface area contributed by atoms with Gasteiger partial charge in [0.1, 0.15) is 4.88 Å². The van der Waals surface area contributed by atoms with Gasteiger partial charge in [-0.1, -0.05) is 0 Å². The molecule has 2 aliphatic heterocycles. The van der Waals surface area contributed by atoms with E-state index in [0.29, 0.717) is 52.5 Å². The average Bonchev–Trinajstić information content (AvgIpc) is 2.93. The van der Waals surface area contributed by atoms with Crippen LogP contribution in [0.3, 0.4) is 0 Å². The van der Waals surface area contributed by atoms with E-state index in [1.165, 1.54) is 11.3 Å². The number of hydrogen-bond donors (Lipinski definition) is 0. The standard InChI is InChI=1S/C15H22N4O3S/c1-11-13(23-12(2)16-11)14(20)17-3-5-18(6-4-17)15(21)19-7-9-22-10-8-19/h3-10H2,1-2H3. The summed E-state index contributed by atoms with van der Waals surface area (Å²) in [5, 5.41) is 0.909. The number of amides is 3. The summed E-state index contributed by atoms with van der Waals surface area (Å²) in [5.41, 5.74) is 0.796. The molecule has 126 valence electrons. The average molecular weight is 338 g/mol. The fraction of sp³-hybridized carbons (Fsp3) is 0.667. The summed E-state index contributed by atoms with van der Waals surface area (Å²) in [6.45, 7) is 8.60. The summed E-state index contributed by atoms with van der Waals surface area (Å²) in [6.07, 6.45) is 0. The number of thiazole rings is 1. The predicted octanol–water partition coefficient (Wildman–Crippen LogP) is 0.970. The maximum atomic E-state index is 12.6. The highest BCUT2D eigenvalue weighted by atomic mass is 32.1. The Morgan fingerprint density at radius 1 is 0.957 bits per heavy atom. The van der Waals surface area contributed by atoms with Gasteiger partial charge in [0.25, 0.3) is 5.91 Å². The molecular weight excluding hydrogens is 316 g/mol. The van der Waals surface area contributed by atoms with Crippen molar-refractivity contribution >= 4 is 23.3 Å². The molecule has 2 fully saturated rings. The van der Waals surface area contributed by atoms with E-state index in [0.717, 1.165) is 15.6 Å². The van der Waals surface area contributed by atoms with Crippen molar-refractivity contribution in [1.29, 1.82) is 0 Å². The summed E-state index contributed by atoms with van der Waals surface area (Å²) in [5.74, 6) is 0.0339. The first-order valence-electron chi connectivity index (χ1n) is 7.91. The molecule has 2 saturated heterocycles. The molecule has 1 aromatic rings. The third-order valence-corrected chi connectivity index (χ3v) is 5.28. The van der Waals surface area contributed by atoms with Gasteiger partial charge in [-0.05, 0) is 13.8 Å². The number of morpholine rings is 1. The lowest BCUT2D eigenvalue weighted by Crippen LogP contribution is -2.55. The molecule has 23 heavy (non-hydrogen) atoms. The predicted molar refractivity (Wildman–Crippen MR) is 86.9 cm³/mol. The zero-order valence-electron chi connectivity index (χ0n) is 13.6. The minimum absolute atomic E-state index is 0.0339. The van der Waals surface area contributed by atoms with Gasteiger partial charge in [0.2, 0.25) is 0 Å². The molecule has 8 heteroatoms. The van der Waals surface area contributed by atoms with Gasteiger partial charge in [-0.15, -0.1) is 11.3 Å². The van der Waals surface area contributed by atoms with Crippen LogP contribution in [0, 0.1) is 13.8 Å². The summed E-state index contributed by atoms with van der Waals surface area (Å²) in [4.78, 5) is 35.5. The quantitative estimate of drug-likeness (QED) is 0.765. The Morgan fingerprint density at radius 3 is 2.09 bits per heavy atom. The molecule has 3 rings (SSSR count).